The smallest absolute Gasteiger partial charge is 0.308 e. The molecule has 0 fully saturated rings. The maximum atomic E-state index is 10.8. The van der Waals surface area contributed by atoms with Crippen molar-refractivity contribution in [2.75, 3.05) is 13.7 Å². The van der Waals surface area contributed by atoms with Crippen molar-refractivity contribution in [3.05, 3.63) is 23.8 Å². The first-order chi connectivity index (χ1) is 7.58. The molecule has 0 bridgehead atoms. The number of nitrogens with two attached hydrogens (primary N) is 1. The maximum Gasteiger partial charge on any atom is 0.308 e. The molecule has 0 aliphatic heterocycles. The Morgan fingerprint density at radius 2 is 2.19 bits per heavy atom. The van der Waals surface area contributed by atoms with Crippen LogP contribution in [-0.2, 0) is 4.79 Å². The molecule has 1 aromatic carbocycles. The first-order valence-corrected chi connectivity index (χ1v) is 4.81. The van der Waals surface area contributed by atoms with Crippen LogP contribution in [-0.4, -0.2) is 24.8 Å². The number of ether oxygens (including phenoxy) is 2. The number of methoxy groups -OCH3 is 1. The average molecular weight is 225 g/mol. The predicted octanol–water partition coefficient (Wildman–Crippen LogP) is 0.613. The lowest BCUT2D eigenvalue weighted by molar-refractivity contribution is -0.132. The highest BCUT2D eigenvalue weighted by molar-refractivity contribution is 5.70. The molecular weight excluding hydrogens is 210 g/mol. The zero-order valence-corrected chi connectivity index (χ0v) is 9.27. The van der Waals surface area contributed by atoms with Gasteiger partial charge in [-0.1, -0.05) is 6.07 Å². The molecule has 0 heterocycles. The van der Waals surface area contributed by atoms with E-state index in [4.69, 9.17) is 20.3 Å². The van der Waals surface area contributed by atoms with Crippen LogP contribution < -0.4 is 15.2 Å². The van der Waals surface area contributed by atoms with Crippen molar-refractivity contribution < 1.29 is 19.4 Å². The molecule has 0 unspecified atom stereocenters. The zero-order valence-electron chi connectivity index (χ0n) is 9.27. The fraction of sp³-hybridized carbons (Fsp3) is 0.364. The first-order valence-electron chi connectivity index (χ1n) is 4.81. The van der Waals surface area contributed by atoms with Gasteiger partial charge in [-0.3, -0.25) is 4.79 Å². The molecule has 16 heavy (non-hydrogen) atoms. The molecule has 3 N–H and O–H groups in total. The van der Waals surface area contributed by atoms with Crippen molar-refractivity contribution >= 4 is 5.97 Å². The summed E-state index contributed by atoms with van der Waals surface area (Å²) in [4.78, 5) is 10.8. The Kier molecular flexibility index (Phi) is 4.28. The minimum atomic E-state index is -0.472. The Balaban J connectivity index is 3.01. The van der Waals surface area contributed by atoms with Crippen molar-refractivity contribution in [1.82, 2.24) is 0 Å². The molecule has 0 aliphatic carbocycles. The number of esters is 1. The standard InChI is InChI=1S/C11H15NO4/c1-7(14)16-10-4-3-8(9(12)6-13)5-11(10)15-2/h3-5,9,13H,6,12H2,1-2H3/t9-/m1/s1. The van der Waals surface area contributed by atoms with Gasteiger partial charge in [-0.2, -0.15) is 0 Å². The molecule has 0 radical (unpaired) electrons. The lowest BCUT2D eigenvalue weighted by Crippen LogP contribution is -2.14. The minimum Gasteiger partial charge on any atom is -0.493 e. The second-order valence-electron chi connectivity index (χ2n) is 3.29. The number of aliphatic hydroxyl groups is 1. The molecule has 1 rings (SSSR count). The normalized spacial score (nSPS) is 12.0. The summed E-state index contributed by atoms with van der Waals surface area (Å²) >= 11 is 0. The second kappa shape index (κ2) is 5.48. The van der Waals surface area contributed by atoms with E-state index in [-0.39, 0.29) is 6.61 Å². The van der Waals surface area contributed by atoms with E-state index < -0.39 is 12.0 Å². The van der Waals surface area contributed by atoms with E-state index in [1.807, 2.05) is 0 Å². The number of aliphatic hydroxyl groups excluding tert-OH is 1. The van der Waals surface area contributed by atoms with Crippen LogP contribution in [0.1, 0.15) is 18.5 Å². The maximum absolute atomic E-state index is 10.8. The van der Waals surface area contributed by atoms with Gasteiger partial charge in [0.1, 0.15) is 0 Å². The monoisotopic (exact) mass is 225 g/mol. The van der Waals surface area contributed by atoms with Crippen LogP contribution in [0.4, 0.5) is 0 Å². The fourth-order valence-electron chi connectivity index (χ4n) is 1.26. The third kappa shape index (κ3) is 2.95. The molecule has 5 nitrogen and oxygen atoms in total. The van der Waals surface area contributed by atoms with Gasteiger partial charge in [0.2, 0.25) is 0 Å². The topological polar surface area (TPSA) is 81.8 Å². The van der Waals surface area contributed by atoms with Crippen LogP contribution in [0.2, 0.25) is 0 Å². The number of benzene rings is 1. The Hall–Kier alpha value is -1.59. The highest BCUT2D eigenvalue weighted by Crippen LogP contribution is 2.29. The lowest BCUT2D eigenvalue weighted by Gasteiger charge is -2.12. The van der Waals surface area contributed by atoms with Gasteiger partial charge in [-0.25, -0.2) is 0 Å². The van der Waals surface area contributed by atoms with Crippen LogP contribution in [0.5, 0.6) is 11.5 Å². The lowest BCUT2D eigenvalue weighted by atomic mass is 10.1. The second-order valence-corrected chi connectivity index (χ2v) is 3.29. The molecule has 0 saturated heterocycles. The Bertz CT molecular complexity index is 378. The van der Waals surface area contributed by atoms with Gasteiger partial charge < -0.3 is 20.3 Å². The van der Waals surface area contributed by atoms with Gasteiger partial charge in [-0.15, -0.1) is 0 Å². The average Bonchev–Trinajstić information content (AvgIpc) is 2.27. The van der Waals surface area contributed by atoms with Gasteiger partial charge in [0.15, 0.2) is 11.5 Å². The molecule has 5 heteroatoms. The number of carbonyl (C=O) groups is 1. The highest BCUT2D eigenvalue weighted by Gasteiger charge is 2.11. The van der Waals surface area contributed by atoms with Gasteiger partial charge in [0.25, 0.3) is 0 Å². The largest absolute Gasteiger partial charge is 0.493 e. The molecule has 0 aliphatic rings. The quantitative estimate of drug-likeness (QED) is 0.579. The van der Waals surface area contributed by atoms with Crippen LogP contribution in [0, 0.1) is 0 Å². The van der Waals surface area contributed by atoms with E-state index in [1.54, 1.807) is 18.2 Å². The summed E-state index contributed by atoms with van der Waals surface area (Å²) < 4.78 is 10.0. The molecule has 0 amide bonds. The van der Waals surface area contributed by atoms with E-state index in [0.717, 1.165) is 5.56 Å². The highest BCUT2D eigenvalue weighted by atomic mass is 16.6. The predicted molar refractivity (Wildman–Crippen MR) is 58.3 cm³/mol. The van der Waals surface area contributed by atoms with Gasteiger partial charge in [-0.05, 0) is 17.7 Å². The minimum absolute atomic E-state index is 0.157. The SMILES string of the molecule is COc1cc([C@H](N)CO)ccc1OC(C)=O. The van der Waals surface area contributed by atoms with Crippen molar-refractivity contribution in [1.29, 1.82) is 0 Å². The number of hydrogen-bond acceptors (Lipinski definition) is 5. The number of hydrogen-bond donors (Lipinski definition) is 2. The molecule has 1 atom stereocenters. The van der Waals surface area contributed by atoms with Crippen LogP contribution in [0.25, 0.3) is 0 Å². The van der Waals surface area contributed by atoms with Crippen LogP contribution >= 0.6 is 0 Å². The van der Waals surface area contributed by atoms with Crippen molar-refractivity contribution in [3.8, 4) is 11.5 Å². The third-order valence-corrected chi connectivity index (χ3v) is 2.07. The van der Waals surface area contributed by atoms with Gasteiger partial charge in [0.05, 0.1) is 19.8 Å². The summed E-state index contributed by atoms with van der Waals surface area (Å²) in [6.07, 6.45) is 0. The summed E-state index contributed by atoms with van der Waals surface area (Å²) in [5.74, 6) is 0.331. The summed E-state index contributed by atoms with van der Waals surface area (Å²) in [5, 5.41) is 8.92. The first kappa shape index (κ1) is 12.5. The zero-order chi connectivity index (χ0) is 12.1. The van der Waals surface area contributed by atoms with Crippen molar-refractivity contribution in [3.63, 3.8) is 0 Å². The summed E-state index contributed by atoms with van der Waals surface area (Å²) in [6.45, 7) is 1.16. The van der Waals surface area contributed by atoms with E-state index in [9.17, 15) is 4.79 Å². The molecule has 0 saturated carbocycles. The van der Waals surface area contributed by atoms with Gasteiger partial charge >= 0.3 is 5.97 Å². The van der Waals surface area contributed by atoms with Crippen LogP contribution in [0.15, 0.2) is 18.2 Å². The molecule has 0 aromatic heterocycles. The van der Waals surface area contributed by atoms with E-state index in [1.165, 1.54) is 14.0 Å². The van der Waals surface area contributed by atoms with E-state index in [0.29, 0.717) is 11.5 Å². The number of rotatable bonds is 4. The van der Waals surface area contributed by atoms with Gasteiger partial charge in [0, 0.05) is 6.92 Å². The van der Waals surface area contributed by atoms with Crippen molar-refractivity contribution in [2.24, 2.45) is 5.73 Å². The van der Waals surface area contributed by atoms with Crippen LogP contribution in [0.3, 0.4) is 0 Å². The number of carbonyl (C=O) groups excluding carboxylic acids is 1. The Morgan fingerprint density at radius 1 is 1.50 bits per heavy atom. The summed E-state index contributed by atoms with van der Waals surface area (Å²) in [5.41, 5.74) is 6.37. The summed E-state index contributed by atoms with van der Waals surface area (Å²) in [7, 11) is 1.47. The third-order valence-electron chi connectivity index (χ3n) is 2.07. The Labute approximate surface area is 93.8 Å². The van der Waals surface area contributed by atoms with Crippen molar-refractivity contribution in [2.45, 2.75) is 13.0 Å². The molecule has 0 spiro atoms. The summed E-state index contributed by atoms with van der Waals surface area (Å²) in [6, 6.07) is 4.44. The molecular formula is C11H15NO4. The molecule has 1 aromatic rings. The van der Waals surface area contributed by atoms with E-state index >= 15 is 0 Å². The molecule has 88 valence electrons. The van der Waals surface area contributed by atoms with E-state index in [2.05, 4.69) is 0 Å². The fourth-order valence-corrected chi connectivity index (χ4v) is 1.26. The Morgan fingerprint density at radius 3 is 2.69 bits per heavy atom.